The molecular formula is C7H8FN3O. The summed E-state index contributed by atoms with van der Waals surface area (Å²) in [6.45, 7) is 0. The Morgan fingerprint density at radius 2 is 2.33 bits per heavy atom. The monoisotopic (exact) mass is 169 g/mol. The summed E-state index contributed by atoms with van der Waals surface area (Å²) in [4.78, 5) is 6.97. The molecule has 0 amide bonds. The van der Waals surface area contributed by atoms with E-state index in [9.17, 15) is 4.39 Å². The molecule has 64 valence electrons. The number of nitrogens with zero attached hydrogens (tertiary/aromatic N) is 2. The van der Waals surface area contributed by atoms with Crippen LogP contribution in [-0.4, -0.2) is 23.0 Å². The van der Waals surface area contributed by atoms with Gasteiger partial charge in [-0.1, -0.05) is 0 Å². The second kappa shape index (κ2) is 3.17. The van der Waals surface area contributed by atoms with Crippen molar-refractivity contribution >= 4 is 5.84 Å². The van der Waals surface area contributed by atoms with Crippen molar-refractivity contribution in [2.75, 3.05) is 7.05 Å². The number of nitrogens with two attached hydrogens (primary N) is 1. The Morgan fingerprint density at radius 3 is 2.83 bits per heavy atom. The minimum Gasteiger partial charge on any atom is -0.505 e. The number of halogens is 1. The lowest BCUT2D eigenvalue weighted by molar-refractivity contribution is 0.463. The zero-order valence-electron chi connectivity index (χ0n) is 6.45. The molecule has 1 heterocycles. The van der Waals surface area contributed by atoms with Crippen molar-refractivity contribution in [3.05, 3.63) is 23.8 Å². The summed E-state index contributed by atoms with van der Waals surface area (Å²) in [6.07, 6.45) is 2.07. The van der Waals surface area contributed by atoms with E-state index >= 15 is 0 Å². The molecule has 0 atom stereocenters. The molecule has 12 heavy (non-hydrogen) atoms. The second-order valence-electron chi connectivity index (χ2n) is 2.12. The summed E-state index contributed by atoms with van der Waals surface area (Å²) in [5, 5.41) is 9.13. The first kappa shape index (κ1) is 8.45. The third-order valence-electron chi connectivity index (χ3n) is 1.38. The maximum atomic E-state index is 12.9. The van der Waals surface area contributed by atoms with Gasteiger partial charge < -0.3 is 10.8 Å². The predicted octanol–water partition coefficient (Wildman–Crippen LogP) is 0.261. The molecule has 0 saturated heterocycles. The van der Waals surface area contributed by atoms with Crippen LogP contribution in [0.4, 0.5) is 4.39 Å². The largest absolute Gasteiger partial charge is 0.505 e. The van der Waals surface area contributed by atoms with E-state index in [2.05, 4.69) is 9.98 Å². The topological polar surface area (TPSA) is 71.5 Å². The molecule has 5 heteroatoms. The van der Waals surface area contributed by atoms with Crippen molar-refractivity contribution < 1.29 is 9.50 Å². The fraction of sp³-hybridized carbons (Fsp3) is 0.143. The number of rotatable bonds is 1. The van der Waals surface area contributed by atoms with Crippen LogP contribution in [0.5, 0.6) is 5.75 Å². The predicted molar refractivity (Wildman–Crippen MR) is 42.5 cm³/mol. The van der Waals surface area contributed by atoms with Crippen LogP contribution in [-0.2, 0) is 0 Å². The minimum absolute atomic E-state index is 0.0487. The highest BCUT2D eigenvalue weighted by Gasteiger charge is 2.10. The van der Waals surface area contributed by atoms with Crippen LogP contribution in [0.1, 0.15) is 5.56 Å². The molecule has 0 spiro atoms. The SMILES string of the molecule is CN=C(N)c1c(O)cncc1F. The molecule has 3 N–H and O–H groups in total. The Bertz CT molecular complexity index is 304. The average molecular weight is 169 g/mol. The summed E-state index contributed by atoms with van der Waals surface area (Å²) in [6, 6.07) is 0. The smallest absolute Gasteiger partial charge is 0.156 e. The van der Waals surface area contributed by atoms with Gasteiger partial charge in [0, 0.05) is 7.05 Å². The van der Waals surface area contributed by atoms with Gasteiger partial charge in [0.2, 0.25) is 0 Å². The van der Waals surface area contributed by atoms with Crippen LogP contribution < -0.4 is 5.73 Å². The molecule has 0 aromatic carbocycles. The lowest BCUT2D eigenvalue weighted by atomic mass is 10.2. The first-order valence-electron chi connectivity index (χ1n) is 3.22. The Balaban J connectivity index is 3.31. The van der Waals surface area contributed by atoms with E-state index < -0.39 is 5.82 Å². The molecule has 0 saturated carbocycles. The van der Waals surface area contributed by atoms with E-state index in [1.807, 2.05) is 0 Å². The van der Waals surface area contributed by atoms with E-state index in [0.717, 1.165) is 12.4 Å². The van der Waals surface area contributed by atoms with E-state index in [1.54, 1.807) is 0 Å². The number of pyridine rings is 1. The van der Waals surface area contributed by atoms with Crippen molar-refractivity contribution in [2.45, 2.75) is 0 Å². The van der Waals surface area contributed by atoms with Gasteiger partial charge in [-0.15, -0.1) is 0 Å². The van der Waals surface area contributed by atoms with Crippen molar-refractivity contribution in [1.82, 2.24) is 4.98 Å². The van der Waals surface area contributed by atoms with Gasteiger partial charge in [-0.25, -0.2) is 4.39 Å². The highest BCUT2D eigenvalue weighted by molar-refractivity contribution is 5.99. The molecule has 1 rings (SSSR count). The molecule has 0 bridgehead atoms. The number of aromatic nitrogens is 1. The Morgan fingerprint density at radius 1 is 1.67 bits per heavy atom. The maximum Gasteiger partial charge on any atom is 0.156 e. The fourth-order valence-electron chi connectivity index (χ4n) is 0.790. The van der Waals surface area contributed by atoms with Crippen molar-refractivity contribution in [3.8, 4) is 5.75 Å². The molecule has 1 aromatic rings. The number of aliphatic imine (C=N–C) groups is 1. The zero-order chi connectivity index (χ0) is 9.14. The van der Waals surface area contributed by atoms with E-state index in [-0.39, 0.29) is 17.1 Å². The second-order valence-corrected chi connectivity index (χ2v) is 2.12. The van der Waals surface area contributed by atoms with Crippen LogP contribution in [0.15, 0.2) is 17.4 Å². The van der Waals surface area contributed by atoms with Crippen molar-refractivity contribution in [2.24, 2.45) is 10.7 Å². The molecule has 0 unspecified atom stereocenters. The van der Waals surface area contributed by atoms with Crippen LogP contribution >= 0.6 is 0 Å². The van der Waals surface area contributed by atoms with Crippen LogP contribution in [0.2, 0.25) is 0 Å². The molecule has 1 aromatic heterocycles. The molecule has 0 aliphatic rings. The quantitative estimate of drug-likeness (QED) is 0.468. The van der Waals surface area contributed by atoms with Gasteiger partial charge in [-0.05, 0) is 0 Å². The fourth-order valence-corrected chi connectivity index (χ4v) is 0.790. The van der Waals surface area contributed by atoms with Gasteiger partial charge in [0.25, 0.3) is 0 Å². The molecule has 4 nitrogen and oxygen atoms in total. The normalized spacial score (nSPS) is 11.7. The van der Waals surface area contributed by atoms with Gasteiger partial charge in [0.1, 0.15) is 11.6 Å². The third kappa shape index (κ3) is 1.34. The third-order valence-corrected chi connectivity index (χ3v) is 1.38. The maximum absolute atomic E-state index is 12.9. The highest BCUT2D eigenvalue weighted by atomic mass is 19.1. The van der Waals surface area contributed by atoms with Crippen LogP contribution in [0.25, 0.3) is 0 Å². The summed E-state index contributed by atoms with van der Waals surface area (Å²) >= 11 is 0. The lowest BCUT2D eigenvalue weighted by Crippen LogP contribution is -2.15. The zero-order valence-corrected chi connectivity index (χ0v) is 6.45. The Labute approximate surface area is 68.6 Å². The molecule has 0 aliphatic heterocycles. The van der Waals surface area contributed by atoms with Gasteiger partial charge in [-0.2, -0.15) is 0 Å². The standard InChI is InChI=1S/C7H8FN3O/c1-10-7(9)6-4(8)2-11-3-5(6)12/h2-3,12H,1H3,(H2,9,10). The van der Waals surface area contributed by atoms with Gasteiger partial charge in [0.05, 0.1) is 18.0 Å². The lowest BCUT2D eigenvalue weighted by Gasteiger charge is -2.02. The van der Waals surface area contributed by atoms with Crippen LogP contribution in [0, 0.1) is 5.82 Å². The van der Waals surface area contributed by atoms with E-state index in [1.165, 1.54) is 7.05 Å². The molecular weight excluding hydrogens is 161 g/mol. The van der Waals surface area contributed by atoms with Crippen LogP contribution in [0.3, 0.4) is 0 Å². The van der Waals surface area contributed by atoms with Crippen molar-refractivity contribution in [3.63, 3.8) is 0 Å². The van der Waals surface area contributed by atoms with E-state index in [4.69, 9.17) is 10.8 Å². The summed E-state index contributed by atoms with van der Waals surface area (Å²) < 4.78 is 12.9. The highest BCUT2D eigenvalue weighted by Crippen LogP contribution is 2.17. The van der Waals surface area contributed by atoms with Gasteiger partial charge in [-0.3, -0.25) is 9.98 Å². The number of hydrogen-bond acceptors (Lipinski definition) is 3. The number of aromatic hydroxyl groups is 1. The van der Waals surface area contributed by atoms with E-state index in [0.29, 0.717) is 0 Å². The van der Waals surface area contributed by atoms with Gasteiger partial charge >= 0.3 is 0 Å². The Hall–Kier alpha value is -1.65. The summed E-state index contributed by atoms with van der Waals surface area (Å²) in [5.41, 5.74) is 5.21. The van der Waals surface area contributed by atoms with Crippen molar-refractivity contribution in [1.29, 1.82) is 0 Å². The Kier molecular flexibility index (Phi) is 2.23. The van der Waals surface area contributed by atoms with Gasteiger partial charge in [0.15, 0.2) is 5.82 Å². The summed E-state index contributed by atoms with van der Waals surface area (Å²) in [7, 11) is 1.41. The molecule has 0 aliphatic carbocycles. The average Bonchev–Trinajstić information content (AvgIpc) is 2.03. The first-order chi connectivity index (χ1) is 5.66. The summed E-state index contributed by atoms with van der Waals surface area (Å²) in [5.74, 6) is -1.04. The molecule has 0 radical (unpaired) electrons. The number of amidine groups is 1. The molecule has 0 fully saturated rings. The number of hydrogen-bond donors (Lipinski definition) is 2. The minimum atomic E-state index is -0.682. The first-order valence-corrected chi connectivity index (χ1v) is 3.22.